The summed E-state index contributed by atoms with van der Waals surface area (Å²) < 4.78 is 15.1. The predicted molar refractivity (Wildman–Crippen MR) is 109 cm³/mol. The molecule has 3 nitrogen and oxygen atoms in total. The van der Waals surface area contributed by atoms with Crippen LogP contribution in [0.15, 0.2) is 46.9 Å². The van der Waals surface area contributed by atoms with Gasteiger partial charge in [-0.25, -0.2) is 4.39 Å². The Morgan fingerprint density at radius 1 is 1.12 bits per heavy atom. The Hall–Kier alpha value is -1.59. The van der Waals surface area contributed by atoms with Gasteiger partial charge in [0.2, 0.25) is 0 Å². The van der Waals surface area contributed by atoms with E-state index in [2.05, 4.69) is 26.1 Å². The number of hydrogen-bond donors (Lipinski definition) is 2. The number of nitrogens with zero attached hydrogens (tertiary/aromatic N) is 1. The number of nitrogens with two attached hydrogens (primary N) is 1. The van der Waals surface area contributed by atoms with Gasteiger partial charge in [-0.3, -0.25) is 4.90 Å². The monoisotopic (exact) mass is 417 g/mol. The first-order chi connectivity index (χ1) is 12.6. The van der Waals surface area contributed by atoms with Crippen molar-refractivity contribution >= 4 is 27.3 Å². The van der Waals surface area contributed by atoms with Crippen molar-refractivity contribution in [1.82, 2.24) is 4.90 Å². The van der Waals surface area contributed by atoms with Gasteiger partial charge < -0.3 is 11.1 Å². The molecule has 3 N–H and O–H groups in total. The fourth-order valence-electron chi connectivity index (χ4n) is 4.48. The minimum Gasteiger partial charge on any atom is -0.397 e. The third-order valence-corrected chi connectivity index (χ3v) is 6.35. The largest absolute Gasteiger partial charge is 0.397 e. The molecular formula is C21H25BrFN3. The molecule has 0 bridgehead atoms. The van der Waals surface area contributed by atoms with E-state index >= 15 is 0 Å². The van der Waals surface area contributed by atoms with Crippen LogP contribution in [0.5, 0.6) is 0 Å². The fourth-order valence-corrected chi connectivity index (χ4v) is 4.86. The third-order valence-electron chi connectivity index (χ3n) is 5.86. The van der Waals surface area contributed by atoms with Crippen LogP contribution < -0.4 is 11.1 Å². The average molecular weight is 418 g/mol. The second-order valence-electron chi connectivity index (χ2n) is 7.54. The quantitative estimate of drug-likeness (QED) is 0.690. The number of anilines is 2. The van der Waals surface area contributed by atoms with Crippen LogP contribution in [-0.4, -0.2) is 30.1 Å². The van der Waals surface area contributed by atoms with Crippen LogP contribution >= 0.6 is 15.9 Å². The molecule has 0 aliphatic carbocycles. The molecule has 5 heteroatoms. The fraction of sp³-hybridized carbons (Fsp3) is 0.429. The first-order valence-electron chi connectivity index (χ1n) is 9.40. The second-order valence-corrected chi connectivity index (χ2v) is 8.46. The Bertz CT molecular complexity index is 782. The van der Waals surface area contributed by atoms with Gasteiger partial charge in [-0.05, 0) is 61.4 Å². The molecule has 0 saturated carbocycles. The Balaban J connectivity index is 1.38. The van der Waals surface area contributed by atoms with Gasteiger partial charge in [0.15, 0.2) is 0 Å². The van der Waals surface area contributed by atoms with Crippen molar-refractivity contribution in [3.05, 3.63) is 58.3 Å². The summed E-state index contributed by atoms with van der Waals surface area (Å²) in [5.74, 6) is 0.261. The molecule has 3 atom stereocenters. The van der Waals surface area contributed by atoms with Crippen LogP contribution in [0.25, 0.3) is 0 Å². The van der Waals surface area contributed by atoms with Gasteiger partial charge in [-0.1, -0.05) is 34.1 Å². The zero-order valence-corrected chi connectivity index (χ0v) is 16.4. The minimum atomic E-state index is -0.0572. The van der Waals surface area contributed by atoms with E-state index in [0.29, 0.717) is 18.0 Å². The standard InChI is InChI=1S/C21H25BrFN3/c22-15-6-8-21(20(24)11-15)25-16-9-10-26-13-14(5-7-17(26)12-16)18-3-1-2-4-19(18)23/h1-4,6,8,11,14,16-17,25H,5,7,9-10,12-13,24H2/t14-,16+,17+/m1/s1. The van der Waals surface area contributed by atoms with Gasteiger partial charge in [-0.15, -0.1) is 0 Å². The normalized spacial score (nSPS) is 26.3. The number of fused-ring (bicyclic) bond motifs is 1. The van der Waals surface area contributed by atoms with E-state index in [0.717, 1.165) is 60.2 Å². The predicted octanol–water partition coefficient (Wildman–Crippen LogP) is 4.99. The summed E-state index contributed by atoms with van der Waals surface area (Å²) in [4.78, 5) is 2.56. The van der Waals surface area contributed by atoms with Crippen molar-refractivity contribution < 1.29 is 4.39 Å². The van der Waals surface area contributed by atoms with Gasteiger partial charge >= 0.3 is 0 Å². The van der Waals surface area contributed by atoms with Crippen LogP contribution in [0.1, 0.15) is 37.2 Å². The van der Waals surface area contributed by atoms with Gasteiger partial charge in [0.1, 0.15) is 5.82 Å². The maximum absolute atomic E-state index is 14.1. The number of piperidine rings is 2. The smallest absolute Gasteiger partial charge is 0.126 e. The van der Waals surface area contributed by atoms with E-state index in [1.54, 1.807) is 12.1 Å². The van der Waals surface area contributed by atoms with Gasteiger partial charge in [0.05, 0.1) is 11.4 Å². The Kier molecular flexibility index (Phi) is 5.18. The van der Waals surface area contributed by atoms with E-state index in [1.165, 1.54) is 0 Å². The van der Waals surface area contributed by atoms with Crippen molar-refractivity contribution in [1.29, 1.82) is 0 Å². The maximum atomic E-state index is 14.1. The zero-order valence-electron chi connectivity index (χ0n) is 14.8. The molecular weight excluding hydrogens is 393 g/mol. The van der Waals surface area contributed by atoms with E-state index in [4.69, 9.17) is 5.73 Å². The maximum Gasteiger partial charge on any atom is 0.126 e. The molecule has 0 amide bonds. The number of nitrogen functional groups attached to an aromatic ring is 1. The zero-order chi connectivity index (χ0) is 18.1. The first-order valence-corrected chi connectivity index (χ1v) is 10.2. The van der Waals surface area contributed by atoms with Gasteiger partial charge in [0.25, 0.3) is 0 Å². The molecule has 26 heavy (non-hydrogen) atoms. The van der Waals surface area contributed by atoms with E-state index in [-0.39, 0.29) is 5.82 Å². The Labute approximate surface area is 162 Å². The first kappa shape index (κ1) is 17.8. The number of hydrogen-bond acceptors (Lipinski definition) is 3. The highest BCUT2D eigenvalue weighted by atomic mass is 79.9. The molecule has 2 heterocycles. The molecule has 2 aromatic rings. The van der Waals surface area contributed by atoms with Crippen LogP contribution in [0.4, 0.5) is 15.8 Å². The summed E-state index contributed by atoms with van der Waals surface area (Å²) in [5.41, 5.74) is 8.81. The van der Waals surface area contributed by atoms with Crippen LogP contribution in [0.3, 0.4) is 0 Å². The summed E-state index contributed by atoms with van der Waals surface area (Å²) in [7, 11) is 0. The molecule has 0 aromatic heterocycles. The molecule has 2 aliphatic heterocycles. The number of halogens is 2. The van der Waals surface area contributed by atoms with Crippen molar-refractivity contribution in [2.45, 2.75) is 43.7 Å². The lowest BCUT2D eigenvalue weighted by molar-refractivity contribution is 0.0894. The lowest BCUT2D eigenvalue weighted by Gasteiger charge is -2.45. The number of benzene rings is 2. The molecule has 2 aliphatic rings. The van der Waals surface area contributed by atoms with Crippen molar-refractivity contribution in [2.75, 3.05) is 24.1 Å². The number of rotatable bonds is 3. The van der Waals surface area contributed by atoms with Crippen LogP contribution in [-0.2, 0) is 0 Å². The second kappa shape index (κ2) is 7.57. The Morgan fingerprint density at radius 2 is 1.96 bits per heavy atom. The topological polar surface area (TPSA) is 41.3 Å². The summed E-state index contributed by atoms with van der Waals surface area (Å²) in [6.45, 7) is 2.03. The van der Waals surface area contributed by atoms with Gasteiger partial charge in [-0.2, -0.15) is 0 Å². The van der Waals surface area contributed by atoms with E-state index in [9.17, 15) is 4.39 Å². The highest BCUT2D eigenvalue weighted by Gasteiger charge is 2.34. The average Bonchev–Trinajstić information content (AvgIpc) is 2.64. The molecule has 2 aromatic carbocycles. The molecule has 4 rings (SSSR count). The minimum absolute atomic E-state index is 0.0572. The van der Waals surface area contributed by atoms with E-state index in [1.807, 2.05) is 30.3 Å². The van der Waals surface area contributed by atoms with Gasteiger partial charge in [0, 0.05) is 29.6 Å². The molecule has 2 fully saturated rings. The lowest BCUT2D eigenvalue weighted by atomic mass is 9.82. The summed E-state index contributed by atoms with van der Waals surface area (Å²) in [5, 5.41) is 3.63. The van der Waals surface area contributed by atoms with Crippen molar-refractivity contribution in [2.24, 2.45) is 0 Å². The lowest BCUT2D eigenvalue weighted by Crippen LogP contribution is -2.50. The third kappa shape index (κ3) is 3.74. The van der Waals surface area contributed by atoms with Crippen molar-refractivity contribution in [3.8, 4) is 0 Å². The molecule has 0 spiro atoms. The SMILES string of the molecule is Nc1cc(Br)ccc1N[C@H]1CCN2C[C@H](c3ccccc3F)CC[C@H]2C1. The van der Waals surface area contributed by atoms with Crippen LogP contribution in [0.2, 0.25) is 0 Å². The molecule has 0 radical (unpaired) electrons. The number of nitrogens with one attached hydrogen (secondary N) is 1. The summed E-state index contributed by atoms with van der Waals surface area (Å²) >= 11 is 3.46. The molecule has 0 unspecified atom stereocenters. The van der Waals surface area contributed by atoms with Crippen LogP contribution in [0, 0.1) is 5.82 Å². The highest BCUT2D eigenvalue weighted by Crippen LogP contribution is 2.36. The molecule has 138 valence electrons. The molecule has 2 saturated heterocycles. The van der Waals surface area contributed by atoms with E-state index < -0.39 is 0 Å². The van der Waals surface area contributed by atoms with Crippen molar-refractivity contribution in [3.63, 3.8) is 0 Å². The summed E-state index contributed by atoms with van der Waals surface area (Å²) in [6.07, 6.45) is 4.41. The highest BCUT2D eigenvalue weighted by molar-refractivity contribution is 9.10. The Morgan fingerprint density at radius 3 is 2.77 bits per heavy atom. The summed E-state index contributed by atoms with van der Waals surface area (Å²) in [6, 6.07) is 14.3.